The second kappa shape index (κ2) is 12.6. The van der Waals surface area contributed by atoms with Gasteiger partial charge < -0.3 is 20.0 Å². The van der Waals surface area contributed by atoms with Crippen LogP contribution in [0.5, 0.6) is 0 Å². The number of nitrogens with one attached hydrogen (secondary N) is 2. The van der Waals surface area contributed by atoms with Crippen molar-refractivity contribution in [2.45, 2.75) is 46.2 Å². The molecule has 0 bridgehead atoms. The van der Waals surface area contributed by atoms with Crippen molar-refractivity contribution in [3.63, 3.8) is 0 Å². The molecule has 0 saturated carbocycles. The molecule has 0 amide bonds. The third-order valence-electron chi connectivity index (χ3n) is 5.54. The van der Waals surface area contributed by atoms with Gasteiger partial charge >= 0.3 is 0 Å². The van der Waals surface area contributed by atoms with Gasteiger partial charge in [-0.25, -0.2) is 15.0 Å². The fourth-order valence-electron chi connectivity index (χ4n) is 3.76. The van der Waals surface area contributed by atoms with E-state index in [0.29, 0.717) is 19.0 Å². The summed E-state index contributed by atoms with van der Waals surface area (Å²) >= 11 is 0. The van der Waals surface area contributed by atoms with Crippen LogP contribution in [0, 0.1) is 6.92 Å². The molecule has 1 aromatic carbocycles. The Bertz CT molecular complexity index is 1030. The van der Waals surface area contributed by atoms with E-state index < -0.39 is 0 Å². The zero-order valence-electron chi connectivity index (χ0n) is 19.4. The minimum atomic E-state index is 0. The van der Waals surface area contributed by atoms with Crippen LogP contribution in [0.3, 0.4) is 0 Å². The molecule has 8 heteroatoms. The normalized spacial score (nSPS) is 14.0. The van der Waals surface area contributed by atoms with Crippen LogP contribution in [-0.4, -0.2) is 35.6 Å². The Morgan fingerprint density at radius 3 is 2.64 bits per heavy atom. The number of nitrogens with zero attached hydrogens (tertiary/aromatic N) is 4. The van der Waals surface area contributed by atoms with Crippen molar-refractivity contribution >= 4 is 35.8 Å². The van der Waals surface area contributed by atoms with E-state index in [9.17, 15) is 0 Å². The number of hydrogen-bond donors (Lipinski definition) is 2. The number of aromatic nitrogens is 2. The van der Waals surface area contributed by atoms with E-state index in [0.717, 1.165) is 48.2 Å². The van der Waals surface area contributed by atoms with Gasteiger partial charge in [-0.2, -0.15) is 0 Å². The van der Waals surface area contributed by atoms with E-state index in [1.165, 1.54) is 24.8 Å². The standard InChI is InChI=1S/C25H32N6O.HI/c1-3-26-25(28-16-20-11-12-27-23(15-20)31-13-5-4-6-14-31)29-17-22-18-32-24(30-22)21-9-7-19(2)8-10-21;/h7-12,15,18H,3-6,13-14,16-17H2,1-2H3,(H2,26,28,29);1H. The highest BCUT2D eigenvalue weighted by Gasteiger charge is 2.12. The van der Waals surface area contributed by atoms with Gasteiger partial charge in [-0.1, -0.05) is 17.7 Å². The summed E-state index contributed by atoms with van der Waals surface area (Å²) in [6.45, 7) is 8.22. The first-order chi connectivity index (χ1) is 15.7. The molecule has 4 rings (SSSR count). The molecular formula is C25H33IN6O. The van der Waals surface area contributed by atoms with Crippen LogP contribution in [-0.2, 0) is 13.1 Å². The zero-order chi connectivity index (χ0) is 22.2. The smallest absolute Gasteiger partial charge is 0.226 e. The fourth-order valence-corrected chi connectivity index (χ4v) is 3.76. The zero-order valence-corrected chi connectivity index (χ0v) is 21.7. The summed E-state index contributed by atoms with van der Waals surface area (Å²) in [5.41, 5.74) is 4.18. The molecule has 3 heterocycles. The molecule has 176 valence electrons. The molecule has 0 unspecified atom stereocenters. The van der Waals surface area contributed by atoms with Crippen molar-refractivity contribution in [3.8, 4) is 11.5 Å². The molecule has 7 nitrogen and oxygen atoms in total. The molecule has 0 radical (unpaired) electrons. The van der Waals surface area contributed by atoms with Crippen LogP contribution in [0.15, 0.2) is 58.3 Å². The summed E-state index contributed by atoms with van der Waals surface area (Å²) in [5, 5.41) is 6.65. The lowest BCUT2D eigenvalue weighted by Gasteiger charge is -2.27. The van der Waals surface area contributed by atoms with Crippen LogP contribution in [0.1, 0.15) is 43.0 Å². The predicted molar refractivity (Wildman–Crippen MR) is 144 cm³/mol. The van der Waals surface area contributed by atoms with Crippen molar-refractivity contribution in [3.05, 3.63) is 65.7 Å². The Morgan fingerprint density at radius 1 is 1.09 bits per heavy atom. The predicted octanol–water partition coefficient (Wildman–Crippen LogP) is 4.91. The molecule has 33 heavy (non-hydrogen) atoms. The van der Waals surface area contributed by atoms with E-state index >= 15 is 0 Å². The first-order valence-corrected chi connectivity index (χ1v) is 11.4. The Balaban J connectivity index is 0.00000306. The summed E-state index contributed by atoms with van der Waals surface area (Å²) in [7, 11) is 0. The first-order valence-electron chi connectivity index (χ1n) is 11.4. The number of piperidine rings is 1. The van der Waals surface area contributed by atoms with Gasteiger partial charge in [-0.3, -0.25) is 0 Å². The van der Waals surface area contributed by atoms with Gasteiger partial charge in [0.2, 0.25) is 5.89 Å². The molecule has 1 fully saturated rings. The summed E-state index contributed by atoms with van der Waals surface area (Å²) in [6, 6.07) is 12.4. The molecule has 2 N–H and O–H groups in total. The topological polar surface area (TPSA) is 78.6 Å². The van der Waals surface area contributed by atoms with Crippen molar-refractivity contribution in [2.24, 2.45) is 4.99 Å². The Morgan fingerprint density at radius 2 is 1.88 bits per heavy atom. The van der Waals surface area contributed by atoms with Crippen molar-refractivity contribution in [2.75, 3.05) is 24.5 Å². The lowest BCUT2D eigenvalue weighted by Crippen LogP contribution is -2.36. The van der Waals surface area contributed by atoms with Crippen LogP contribution in [0.2, 0.25) is 0 Å². The number of hydrogen-bond acceptors (Lipinski definition) is 5. The number of halogens is 1. The SMILES string of the molecule is CCNC(=NCc1ccnc(N2CCCCC2)c1)NCc1coc(-c2ccc(C)cc2)n1.I. The maximum atomic E-state index is 5.66. The second-order valence-electron chi connectivity index (χ2n) is 8.13. The second-order valence-corrected chi connectivity index (χ2v) is 8.13. The van der Waals surface area contributed by atoms with Crippen molar-refractivity contribution in [1.82, 2.24) is 20.6 Å². The van der Waals surface area contributed by atoms with E-state index in [2.05, 4.69) is 57.5 Å². The van der Waals surface area contributed by atoms with Gasteiger partial charge in [0.1, 0.15) is 12.1 Å². The molecular weight excluding hydrogens is 527 g/mol. The average Bonchev–Trinajstić information content (AvgIpc) is 3.31. The quantitative estimate of drug-likeness (QED) is 0.243. The number of oxazole rings is 1. The van der Waals surface area contributed by atoms with E-state index in [-0.39, 0.29) is 24.0 Å². The van der Waals surface area contributed by atoms with Crippen LogP contribution in [0.25, 0.3) is 11.5 Å². The third kappa shape index (κ3) is 7.18. The summed E-state index contributed by atoms with van der Waals surface area (Å²) in [4.78, 5) is 16.3. The molecule has 1 aliphatic rings. The number of rotatable bonds is 7. The maximum Gasteiger partial charge on any atom is 0.226 e. The summed E-state index contributed by atoms with van der Waals surface area (Å²) in [6.07, 6.45) is 7.38. The van der Waals surface area contributed by atoms with E-state index in [1.54, 1.807) is 6.26 Å². The number of aryl methyl sites for hydroxylation is 1. The highest BCUT2D eigenvalue weighted by atomic mass is 127. The lowest BCUT2D eigenvalue weighted by molar-refractivity contribution is 0.572. The van der Waals surface area contributed by atoms with Gasteiger partial charge in [-0.15, -0.1) is 24.0 Å². The number of benzene rings is 1. The molecule has 1 saturated heterocycles. The Kier molecular flexibility index (Phi) is 9.53. The number of pyridine rings is 1. The Labute approximate surface area is 213 Å². The maximum absolute atomic E-state index is 5.66. The number of aliphatic imine (C=N–C) groups is 1. The Hall–Kier alpha value is -2.62. The molecule has 2 aromatic heterocycles. The van der Waals surface area contributed by atoms with Crippen molar-refractivity contribution < 1.29 is 4.42 Å². The molecule has 0 aliphatic carbocycles. The van der Waals surface area contributed by atoms with Gasteiger partial charge in [0.25, 0.3) is 0 Å². The number of anilines is 1. The largest absolute Gasteiger partial charge is 0.444 e. The van der Waals surface area contributed by atoms with Gasteiger partial charge in [0.15, 0.2) is 5.96 Å². The highest BCUT2D eigenvalue weighted by molar-refractivity contribution is 14.0. The average molecular weight is 560 g/mol. The summed E-state index contributed by atoms with van der Waals surface area (Å²) < 4.78 is 5.66. The van der Waals surface area contributed by atoms with Crippen molar-refractivity contribution in [1.29, 1.82) is 0 Å². The minimum absolute atomic E-state index is 0. The van der Waals surface area contributed by atoms with Gasteiger partial charge in [0, 0.05) is 31.4 Å². The van der Waals surface area contributed by atoms with E-state index in [1.807, 2.05) is 24.4 Å². The van der Waals surface area contributed by atoms with E-state index in [4.69, 9.17) is 9.41 Å². The first kappa shape index (κ1) is 25.0. The van der Waals surface area contributed by atoms with Gasteiger partial charge in [0.05, 0.1) is 18.8 Å². The minimum Gasteiger partial charge on any atom is -0.444 e. The van der Waals surface area contributed by atoms with Crippen LogP contribution >= 0.6 is 24.0 Å². The van der Waals surface area contributed by atoms with Gasteiger partial charge in [-0.05, 0) is 62.9 Å². The van der Waals surface area contributed by atoms with Crippen LogP contribution in [0.4, 0.5) is 5.82 Å². The number of guanidine groups is 1. The molecule has 0 atom stereocenters. The lowest BCUT2D eigenvalue weighted by atomic mass is 10.1. The fraction of sp³-hybridized carbons (Fsp3) is 0.400. The monoisotopic (exact) mass is 560 g/mol. The molecule has 3 aromatic rings. The van der Waals surface area contributed by atoms with Crippen LogP contribution < -0.4 is 15.5 Å². The molecule has 0 spiro atoms. The third-order valence-corrected chi connectivity index (χ3v) is 5.54. The molecule has 1 aliphatic heterocycles. The highest BCUT2D eigenvalue weighted by Crippen LogP contribution is 2.20. The summed E-state index contributed by atoms with van der Waals surface area (Å²) in [5.74, 6) is 2.44.